The smallest absolute Gasteiger partial charge is 0.351 e. The number of aliphatic imine (C=N–C) groups is 1. The number of ether oxygens (including phenoxy) is 12. The van der Waals surface area contributed by atoms with E-state index in [2.05, 4.69) is 54.8 Å². The molecule has 7 fully saturated rings. The van der Waals surface area contributed by atoms with Crippen LogP contribution in [0.3, 0.4) is 0 Å². The number of piperidine rings is 1. The van der Waals surface area contributed by atoms with Gasteiger partial charge in [0.25, 0.3) is 5.67 Å². The van der Waals surface area contributed by atoms with Gasteiger partial charge in [-0.3, -0.25) is 29.0 Å². The molecule has 1 aromatic heterocycles. The fourth-order valence-electron chi connectivity index (χ4n) is 22.3. The Morgan fingerprint density at radius 3 is 1.77 bits per heavy atom. The number of esters is 3. The predicted octanol–water partition coefficient (Wildman–Crippen LogP) is 19.1. The van der Waals surface area contributed by atoms with Gasteiger partial charge >= 0.3 is 17.9 Å². The molecular formula is C114H187FN4O23. The molecule has 0 radical (unpaired) electrons. The maximum Gasteiger partial charge on any atom is 0.351 e. The third-order valence-electron chi connectivity index (χ3n) is 32.7. The molecule has 28 heteroatoms. The Labute approximate surface area is 851 Å². The number of fused-ring (bicyclic) bond motifs is 9. The minimum Gasteiger partial charge on any atom is -0.459 e. The molecule has 142 heavy (non-hydrogen) atoms. The summed E-state index contributed by atoms with van der Waals surface area (Å²) in [7, 11) is 5.16. The largest absolute Gasteiger partial charge is 0.459 e. The van der Waals surface area contributed by atoms with Crippen molar-refractivity contribution in [2.75, 3.05) is 60.7 Å². The van der Waals surface area contributed by atoms with Crippen LogP contribution in [0.25, 0.3) is 23.1 Å². The Morgan fingerprint density at radius 2 is 1.19 bits per heavy atom. The number of carbonyl (C=O) groups is 6. The molecule has 808 valence electrons. The molecule has 6 N–H and O–H groups in total. The average Bonchev–Trinajstić information content (AvgIpc) is 1.58. The molecule has 10 rings (SSSR count). The molecule has 7 saturated heterocycles. The third-order valence-corrected chi connectivity index (χ3v) is 32.7. The number of nitrogens with zero attached hydrogens (tertiary/aromatic N) is 3. The Morgan fingerprint density at radius 1 is 0.627 bits per heavy atom. The second-order valence-electron chi connectivity index (χ2n) is 43.2. The number of methoxy groups -OCH3 is 2. The SMILES string of the molecule is CC.CC.CC.CC[C@H]1OC(=O)[C@@](C)(F)C(=O)[C@H](C)[C@@H](C)[C@@]2(C)C[C@@H](C)C(=NC(C)=O)[C@H](C)[C@@H](OC/C(=C\C=C\c3ccccc3)CO2)[C@]1(C)O.CC[C@H]1OC(=O)[C@H](C)[C@@H](O[C@H]2C[C@@](C)(OC)[C@@H](O)[C@H](C)O2)[C@H](C)[C@@H](C)[C@](C)(OC)C[C@@H](C)C(=O)[C@H](C)[C@@H](OC/C=C/c2cnc3ccccc3c2)[C@]1(C)O.CC[C@H]1OC(=O)[C@H](C)[C@H]2OC3(CCNCC3)O[C@@](C)(C[C@@H](C)CN(C)[C@H](C)[C@@H](O)[C@]1(C)O)C(C)(C)[C@H]2C. The number of carbonyl (C=O) groups excluding carboxylic acids is 6. The zero-order valence-corrected chi connectivity index (χ0v) is 93.5. The van der Waals surface area contributed by atoms with Crippen molar-refractivity contribution in [2.24, 2.45) is 81.4 Å². The first-order chi connectivity index (χ1) is 66.3. The number of cyclic esters (lactones) is 3. The van der Waals surface area contributed by atoms with Crippen LogP contribution in [0.4, 0.5) is 4.39 Å². The number of alkyl halides is 1. The molecule has 1 amide bonds. The van der Waals surface area contributed by atoms with E-state index in [1.165, 1.54) is 13.8 Å². The highest BCUT2D eigenvalue weighted by atomic mass is 19.1. The quantitative estimate of drug-likeness (QED) is 0.0526. The molecule has 27 nitrogen and oxygen atoms in total. The summed E-state index contributed by atoms with van der Waals surface area (Å²) in [6.45, 7) is 65.8. The first kappa shape index (κ1) is 126. The van der Waals surface area contributed by atoms with E-state index in [1.807, 2.05) is 230 Å². The number of aromatic nitrogens is 1. The van der Waals surface area contributed by atoms with Gasteiger partial charge in [0.2, 0.25) is 5.91 Å². The maximum absolute atomic E-state index is 16.1. The van der Waals surface area contributed by atoms with Crippen molar-refractivity contribution in [1.82, 2.24) is 15.2 Å². The van der Waals surface area contributed by atoms with Gasteiger partial charge in [0.15, 0.2) is 17.9 Å². The monoisotopic (exact) mass is 2000 g/mol. The van der Waals surface area contributed by atoms with Crippen molar-refractivity contribution in [1.29, 1.82) is 0 Å². The molecule has 4 bridgehead atoms. The minimum atomic E-state index is -2.95. The number of pyridine rings is 1. The number of aliphatic hydroxyl groups is 5. The standard InChI is InChI=1S/C43H65NO10.C36H50FNO7.C29H54N2O6.3C2H6/c1-13-34-43(10,48)39(51-20-16-17-31-21-32-18-14-15-19-33(32)44-24-31)27(4)36(45)25(2)22-41(8,49-11)29(6)26(3)37(28(5)40(47)53-34)54-35-23-42(9,50-12)38(46)30(7)52-35;1-10-29-36(9,42)32-24(4)30(38-26(6)39)22(2)19-34(7,25(5)23(3)31(40)35(8,37)33(41)45-29)44-21-28(20-43-32)18-14-17-27-15-12-11-13-16-27;1-11-22-28(9,34)24(32)21(5)31(10)17-18(2)16-27(8)26(6,7)20(4)23(19(3)25(33)35-22)36-29(37-27)12-14-30-15-13-29;3*1-2/h14-19,21,24-30,34-35,37-39,46,48H,13,20,22-23H2,1-12H3;11-18,22-25,29,32,42H,10,19-21H2,1-9H3;18-24,30,32,34H,11-17H2,1-10H3;3*1-2H3/b17-16+;17-14+,28-18+,38-30?;;;;/t25-,26-,27+,28-,29-,30+,34-,35+,37+,38+,39-,41-,42-,43-;22-,23-,24+,25-,29-,32-,34-,35+,36-;18-,19-,20+,21-,22-,23-,24-,27+,28-;;;/m111.../s1. The van der Waals surface area contributed by atoms with Gasteiger partial charge in [0.05, 0.1) is 90.1 Å². The summed E-state index contributed by atoms with van der Waals surface area (Å²) in [5.74, 6) is -9.86. The summed E-state index contributed by atoms with van der Waals surface area (Å²) in [6, 6.07) is 19.4. The molecule has 8 heterocycles. The number of nitrogens with one attached hydrogen (secondary N) is 1. The van der Waals surface area contributed by atoms with Crippen molar-refractivity contribution in [3.63, 3.8) is 0 Å². The number of hydrogen-bond acceptors (Lipinski definition) is 26. The number of para-hydroxylation sites is 1. The number of likely N-dealkylation sites (N-methyl/N-ethyl adjacent to an activating group) is 1. The van der Waals surface area contributed by atoms with Gasteiger partial charge in [-0.15, -0.1) is 0 Å². The van der Waals surface area contributed by atoms with Crippen molar-refractivity contribution in [2.45, 2.75) is 417 Å². The van der Waals surface area contributed by atoms with Gasteiger partial charge in [0, 0.05) is 107 Å². The first-order valence-electron chi connectivity index (χ1n) is 52.8. The van der Waals surface area contributed by atoms with Gasteiger partial charge in [-0.1, -0.05) is 224 Å². The van der Waals surface area contributed by atoms with Gasteiger partial charge < -0.3 is 92.6 Å². The number of rotatable bonds is 13. The number of Topliss-reactive ketones (excluding diaryl/α,β-unsaturated/α-hetero) is 2. The third kappa shape index (κ3) is 30.0. The van der Waals surface area contributed by atoms with E-state index in [9.17, 15) is 54.3 Å². The summed E-state index contributed by atoms with van der Waals surface area (Å²) in [4.78, 5) is 92.6. The summed E-state index contributed by atoms with van der Waals surface area (Å²) >= 11 is 0. The molecule has 7 aliphatic rings. The maximum atomic E-state index is 16.1. The lowest BCUT2D eigenvalue weighted by Gasteiger charge is -2.50. The van der Waals surface area contributed by atoms with Crippen LogP contribution in [0.2, 0.25) is 0 Å². The summed E-state index contributed by atoms with van der Waals surface area (Å²) in [5.41, 5.74) is -7.71. The average molecular weight is 2000 g/mol. The molecule has 1 spiro atoms. The number of ketones is 2. The van der Waals surface area contributed by atoms with Gasteiger partial charge in [-0.2, -0.15) is 0 Å². The summed E-state index contributed by atoms with van der Waals surface area (Å²) in [6.07, 6.45) is 5.54. The van der Waals surface area contributed by atoms with E-state index in [0.29, 0.717) is 37.8 Å². The predicted molar refractivity (Wildman–Crippen MR) is 558 cm³/mol. The fraction of sp³-hybridized carbons (Fsp3) is 0.754. The van der Waals surface area contributed by atoms with Gasteiger partial charge in [-0.25, -0.2) is 14.2 Å². The molecule has 0 aliphatic carbocycles. The number of amides is 1. The Bertz CT molecular complexity index is 4590. The Balaban J connectivity index is 0.000000371. The molecule has 2 aromatic carbocycles. The van der Waals surface area contributed by atoms with Crippen LogP contribution in [0.1, 0.15) is 304 Å². The van der Waals surface area contributed by atoms with E-state index < -0.39 is 189 Å². The van der Waals surface area contributed by atoms with Gasteiger partial charge in [0.1, 0.15) is 53.1 Å². The zero-order chi connectivity index (χ0) is 108. The normalized spacial score (nSPS) is 40.0. The number of benzene rings is 2. The topological polar surface area (TPSA) is 355 Å². The lowest BCUT2D eigenvalue weighted by Crippen LogP contribution is -2.59. The van der Waals surface area contributed by atoms with E-state index >= 15 is 4.39 Å². The second-order valence-corrected chi connectivity index (χ2v) is 43.2. The van der Waals surface area contributed by atoms with E-state index in [4.69, 9.17) is 56.8 Å². The molecule has 0 unspecified atom stereocenters. The highest BCUT2D eigenvalue weighted by Crippen LogP contribution is 2.55. The number of halogens is 1. The summed E-state index contributed by atoms with van der Waals surface area (Å²) < 4.78 is 92.2. The van der Waals surface area contributed by atoms with Crippen LogP contribution >= 0.6 is 0 Å². The molecule has 3 aromatic rings. The minimum absolute atomic E-state index is 0.00512. The molecule has 0 saturated carbocycles. The van der Waals surface area contributed by atoms with Crippen molar-refractivity contribution in [3.8, 4) is 0 Å². The van der Waals surface area contributed by atoms with E-state index in [1.54, 1.807) is 68.9 Å². The van der Waals surface area contributed by atoms with E-state index in [-0.39, 0.29) is 85.9 Å². The lowest BCUT2D eigenvalue weighted by molar-refractivity contribution is -0.311. The number of aliphatic hydroxyl groups excluding tert-OH is 2. The highest BCUT2D eigenvalue weighted by Gasteiger charge is 2.62. The number of allylic oxidation sites excluding steroid dienone is 2. The molecule has 32 atom stereocenters. The van der Waals surface area contributed by atoms with Crippen LogP contribution in [0, 0.1) is 76.4 Å². The van der Waals surface area contributed by atoms with Crippen LogP contribution < -0.4 is 5.32 Å². The van der Waals surface area contributed by atoms with Gasteiger partial charge in [-0.05, 0) is 198 Å². The Kier molecular flexibility index (Phi) is 47.9. The second kappa shape index (κ2) is 54.1. The van der Waals surface area contributed by atoms with Crippen LogP contribution in [0.5, 0.6) is 0 Å². The molecule has 7 aliphatic heterocycles. The van der Waals surface area contributed by atoms with Crippen LogP contribution in [-0.2, 0) is 85.6 Å². The first-order valence-corrected chi connectivity index (χ1v) is 52.8. The summed E-state index contributed by atoms with van der Waals surface area (Å²) in [5, 5.41) is 62.4. The highest BCUT2D eigenvalue weighted by molar-refractivity contribution is 6.08. The van der Waals surface area contributed by atoms with Crippen LogP contribution in [-0.4, -0.2) is 261 Å². The van der Waals surface area contributed by atoms with Crippen LogP contribution in [0.15, 0.2) is 95.7 Å². The zero-order valence-electron chi connectivity index (χ0n) is 93.5. The fourth-order valence-corrected chi connectivity index (χ4v) is 22.3. The Hall–Kier alpha value is -6.55. The molecular weight excluding hydrogens is 1810 g/mol. The lowest BCUT2D eigenvalue weighted by atomic mass is 9.62. The number of hydrogen-bond donors (Lipinski definition) is 6. The van der Waals surface area contributed by atoms with E-state index in [0.717, 1.165) is 60.6 Å². The van der Waals surface area contributed by atoms with Crippen molar-refractivity contribution < 1.29 is 116 Å². The van der Waals surface area contributed by atoms with Crippen molar-refractivity contribution in [3.05, 3.63) is 102 Å². The van der Waals surface area contributed by atoms with Crippen molar-refractivity contribution >= 4 is 64.1 Å².